The SMILES string of the molecule is CCC(C(=O)O)N1CCN(CC(=O)O)CCN(CC(=O)C(C)C)CCN(CC(=O)O)CC1. The first kappa shape index (κ1) is 28.0. The minimum atomic E-state index is -0.966. The maximum atomic E-state index is 12.3. The van der Waals surface area contributed by atoms with Crippen LogP contribution in [-0.4, -0.2) is 137 Å². The van der Waals surface area contributed by atoms with E-state index in [4.69, 9.17) is 0 Å². The zero-order valence-corrected chi connectivity index (χ0v) is 19.4. The van der Waals surface area contributed by atoms with Crippen molar-refractivity contribution in [2.45, 2.75) is 33.2 Å². The molecule has 1 heterocycles. The monoisotopic (exact) mass is 458 g/mol. The lowest BCUT2D eigenvalue weighted by molar-refractivity contribution is -0.144. The van der Waals surface area contributed by atoms with Crippen LogP contribution in [0.4, 0.5) is 0 Å². The van der Waals surface area contributed by atoms with Gasteiger partial charge in [-0.15, -0.1) is 0 Å². The van der Waals surface area contributed by atoms with E-state index >= 15 is 0 Å². The smallest absolute Gasteiger partial charge is 0.320 e. The van der Waals surface area contributed by atoms with Crippen LogP contribution in [0.1, 0.15) is 27.2 Å². The first-order valence-corrected chi connectivity index (χ1v) is 11.1. The predicted molar refractivity (Wildman–Crippen MR) is 118 cm³/mol. The second kappa shape index (κ2) is 14.1. The van der Waals surface area contributed by atoms with E-state index < -0.39 is 23.9 Å². The van der Waals surface area contributed by atoms with E-state index in [1.54, 1.807) is 21.6 Å². The van der Waals surface area contributed by atoms with Crippen molar-refractivity contribution in [2.24, 2.45) is 5.92 Å². The van der Waals surface area contributed by atoms with Crippen molar-refractivity contribution >= 4 is 23.7 Å². The van der Waals surface area contributed by atoms with E-state index in [2.05, 4.69) is 0 Å². The normalized spacial score (nSPS) is 19.8. The van der Waals surface area contributed by atoms with Gasteiger partial charge in [-0.05, 0) is 6.42 Å². The number of hydrogen-bond acceptors (Lipinski definition) is 8. The van der Waals surface area contributed by atoms with Gasteiger partial charge in [0.05, 0.1) is 19.6 Å². The van der Waals surface area contributed by atoms with Gasteiger partial charge >= 0.3 is 17.9 Å². The van der Waals surface area contributed by atoms with Gasteiger partial charge in [0, 0.05) is 58.3 Å². The Balaban J connectivity index is 3.07. The lowest BCUT2D eigenvalue weighted by Crippen LogP contribution is -2.51. The number of carbonyl (C=O) groups excluding carboxylic acids is 1. The fourth-order valence-electron chi connectivity index (χ4n) is 3.71. The second-order valence-electron chi connectivity index (χ2n) is 8.54. The first-order valence-electron chi connectivity index (χ1n) is 11.1. The molecule has 1 aliphatic heterocycles. The Kier molecular flexibility index (Phi) is 12.4. The number of rotatable bonds is 10. The zero-order chi connectivity index (χ0) is 24.3. The maximum absolute atomic E-state index is 12.3. The van der Waals surface area contributed by atoms with Gasteiger partial charge in [-0.3, -0.25) is 38.8 Å². The fourth-order valence-corrected chi connectivity index (χ4v) is 3.71. The summed E-state index contributed by atoms with van der Waals surface area (Å²) in [4.78, 5) is 53.9. The molecule has 0 aromatic rings. The third-order valence-electron chi connectivity index (χ3n) is 5.73. The van der Waals surface area contributed by atoms with Gasteiger partial charge in [0.25, 0.3) is 0 Å². The van der Waals surface area contributed by atoms with Crippen LogP contribution in [0.2, 0.25) is 0 Å². The molecule has 0 saturated carbocycles. The third kappa shape index (κ3) is 10.5. The number of nitrogens with zero attached hydrogens (tertiary/aromatic N) is 4. The fraction of sp³-hybridized carbons (Fsp3) is 0.810. The van der Waals surface area contributed by atoms with Gasteiger partial charge in [-0.25, -0.2) is 0 Å². The van der Waals surface area contributed by atoms with Gasteiger partial charge in [-0.1, -0.05) is 20.8 Å². The van der Waals surface area contributed by atoms with Crippen molar-refractivity contribution in [2.75, 3.05) is 72.0 Å². The molecule has 1 saturated heterocycles. The summed E-state index contributed by atoms with van der Waals surface area (Å²) in [6.07, 6.45) is 0.387. The standard InChI is InChI=1S/C21H38N4O7/c1-4-17(21(31)32)25-11-9-23(14-19(27)28)7-5-22(13-18(26)16(2)3)6-8-24(10-12-25)15-20(29)30/h16-17H,4-15H2,1-3H3,(H,27,28)(H,29,30)(H,31,32). The van der Waals surface area contributed by atoms with Gasteiger partial charge < -0.3 is 15.3 Å². The van der Waals surface area contributed by atoms with Gasteiger partial charge in [-0.2, -0.15) is 0 Å². The number of Topliss-reactive ketones (excluding diaryl/α,β-unsaturated/α-hetero) is 1. The molecule has 32 heavy (non-hydrogen) atoms. The topological polar surface area (TPSA) is 142 Å². The maximum Gasteiger partial charge on any atom is 0.320 e. The highest BCUT2D eigenvalue weighted by atomic mass is 16.4. The Morgan fingerprint density at radius 1 is 0.688 bits per heavy atom. The number of ketones is 1. The number of aliphatic carboxylic acids is 3. The van der Waals surface area contributed by atoms with Crippen molar-refractivity contribution in [3.8, 4) is 0 Å². The molecule has 1 unspecified atom stereocenters. The highest BCUT2D eigenvalue weighted by Gasteiger charge is 2.26. The Morgan fingerprint density at radius 3 is 1.38 bits per heavy atom. The molecule has 0 spiro atoms. The number of carbonyl (C=O) groups is 4. The summed E-state index contributed by atoms with van der Waals surface area (Å²) in [6, 6.07) is -0.726. The van der Waals surface area contributed by atoms with Crippen LogP contribution in [0.3, 0.4) is 0 Å². The Hall–Kier alpha value is -2.08. The van der Waals surface area contributed by atoms with Crippen molar-refractivity contribution in [3.63, 3.8) is 0 Å². The highest BCUT2D eigenvalue weighted by molar-refractivity contribution is 5.82. The van der Waals surface area contributed by atoms with Gasteiger partial charge in [0.2, 0.25) is 0 Å². The minimum absolute atomic E-state index is 0.0742. The van der Waals surface area contributed by atoms with Crippen LogP contribution >= 0.6 is 0 Å². The molecule has 1 fully saturated rings. The largest absolute Gasteiger partial charge is 0.480 e. The summed E-state index contributed by atoms with van der Waals surface area (Å²) < 4.78 is 0. The van der Waals surface area contributed by atoms with Gasteiger partial charge in [0.1, 0.15) is 11.8 Å². The van der Waals surface area contributed by atoms with Crippen molar-refractivity contribution in [1.29, 1.82) is 0 Å². The molecule has 1 aliphatic rings. The van der Waals surface area contributed by atoms with E-state index in [0.717, 1.165) is 0 Å². The molecule has 184 valence electrons. The minimum Gasteiger partial charge on any atom is -0.480 e. The molecule has 0 aliphatic carbocycles. The highest BCUT2D eigenvalue weighted by Crippen LogP contribution is 2.08. The number of carboxylic acid groups (broad SMARTS) is 3. The lowest BCUT2D eigenvalue weighted by atomic mass is 10.1. The molecule has 11 heteroatoms. The average molecular weight is 459 g/mol. The van der Waals surface area contributed by atoms with E-state index in [0.29, 0.717) is 58.8 Å². The summed E-state index contributed by atoms with van der Waals surface area (Å²) in [6.45, 7) is 8.49. The second-order valence-corrected chi connectivity index (χ2v) is 8.54. The van der Waals surface area contributed by atoms with E-state index in [1.807, 2.05) is 18.7 Å². The van der Waals surface area contributed by atoms with E-state index in [-0.39, 0.29) is 31.3 Å². The van der Waals surface area contributed by atoms with Crippen LogP contribution in [-0.2, 0) is 19.2 Å². The molecule has 1 atom stereocenters. The predicted octanol–water partition coefficient (Wildman–Crippen LogP) is -0.534. The molecule has 11 nitrogen and oxygen atoms in total. The van der Waals surface area contributed by atoms with Crippen molar-refractivity contribution < 1.29 is 34.5 Å². The third-order valence-corrected chi connectivity index (χ3v) is 5.73. The molecule has 0 radical (unpaired) electrons. The Labute approximate surface area is 189 Å². The van der Waals surface area contributed by atoms with Crippen LogP contribution in [0.5, 0.6) is 0 Å². The zero-order valence-electron chi connectivity index (χ0n) is 19.4. The Bertz CT molecular complexity index is 612. The summed E-state index contributed by atoms with van der Waals surface area (Å²) >= 11 is 0. The summed E-state index contributed by atoms with van der Waals surface area (Å²) in [5.41, 5.74) is 0. The Morgan fingerprint density at radius 2 is 1.06 bits per heavy atom. The molecule has 3 N–H and O–H groups in total. The molecular formula is C21H38N4O7. The van der Waals surface area contributed by atoms with Gasteiger partial charge in [0.15, 0.2) is 0 Å². The average Bonchev–Trinajstić information content (AvgIpc) is 2.68. The molecule has 0 amide bonds. The summed E-state index contributed by atoms with van der Waals surface area (Å²) in [5, 5.41) is 28.2. The first-order chi connectivity index (χ1) is 15.0. The summed E-state index contributed by atoms with van der Waals surface area (Å²) in [5.74, 6) is -2.94. The lowest BCUT2D eigenvalue weighted by Gasteiger charge is -2.35. The van der Waals surface area contributed by atoms with E-state index in [1.165, 1.54) is 0 Å². The van der Waals surface area contributed by atoms with Crippen molar-refractivity contribution in [3.05, 3.63) is 0 Å². The van der Waals surface area contributed by atoms with Crippen molar-refractivity contribution in [1.82, 2.24) is 19.6 Å². The van der Waals surface area contributed by atoms with Crippen LogP contribution in [0.15, 0.2) is 0 Å². The van der Waals surface area contributed by atoms with Crippen LogP contribution in [0, 0.1) is 5.92 Å². The van der Waals surface area contributed by atoms with E-state index in [9.17, 15) is 34.5 Å². The molecule has 0 aromatic heterocycles. The summed E-state index contributed by atoms with van der Waals surface area (Å²) in [7, 11) is 0. The molecular weight excluding hydrogens is 420 g/mol. The molecule has 0 bridgehead atoms. The molecule has 0 aromatic carbocycles. The number of carboxylic acids is 3. The van der Waals surface area contributed by atoms with Crippen LogP contribution in [0.25, 0.3) is 0 Å². The van der Waals surface area contributed by atoms with Crippen LogP contribution < -0.4 is 0 Å². The quantitative estimate of drug-likeness (QED) is 0.389. The number of hydrogen-bond donors (Lipinski definition) is 3. The molecule has 1 rings (SSSR count).